The lowest BCUT2D eigenvalue weighted by Gasteiger charge is -2.20. The maximum atomic E-state index is 14.9. The molecular formula is C25H21F7N6O2. The van der Waals surface area contributed by atoms with Crippen molar-refractivity contribution in [2.45, 2.75) is 44.5 Å². The van der Waals surface area contributed by atoms with Gasteiger partial charge in [0.05, 0.1) is 29.4 Å². The van der Waals surface area contributed by atoms with E-state index in [1.54, 1.807) is 5.10 Å². The second-order valence-electron chi connectivity index (χ2n) is 9.02. The molecular weight excluding hydrogens is 549 g/mol. The predicted octanol–water partition coefficient (Wildman–Crippen LogP) is 4.91. The topological polar surface area (TPSA) is 106 Å². The van der Waals surface area contributed by atoms with E-state index in [9.17, 15) is 40.3 Å². The fraction of sp³-hybridized carbons (Fsp3) is 0.320. The number of fused-ring (bicyclic) bond motifs is 1. The molecule has 15 heteroatoms. The van der Waals surface area contributed by atoms with E-state index in [0.29, 0.717) is 0 Å². The first-order valence-electron chi connectivity index (χ1n) is 11.8. The highest BCUT2D eigenvalue weighted by Crippen LogP contribution is 2.32. The van der Waals surface area contributed by atoms with Crippen molar-refractivity contribution < 1.29 is 30.7 Å². The zero-order valence-corrected chi connectivity index (χ0v) is 20.6. The molecule has 0 fully saturated rings. The van der Waals surface area contributed by atoms with Crippen LogP contribution in [0.3, 0.4) is 0 Å². The molecule has 3 heterocycles. The van der Waals surface area contributed by atoms with Crippen LogP contribution in [0.2, 0.25) is 0 Å². The van der Waals surface area contributed by atoms with Gasteiger partial charge in [0.15, 0.2) is 12.0 Å². The number of aromatic nitrogens is 5. The second-order valence-corrected chi connectivity index (χ2v) is 9.02. The number of halogens is 7. The van der Waals surface area contributed by atoms with Crippen LogP contribution in [0.15, 0.2) is 52.6 Å². The Hall–Kier alpha value is -4.30. The van der Waals surface area contributed by atoms with Gasteiger partial charge in [-0.15, -0.1) is 0 Å². The second kappa shape index (κ2) is 11.4. The molecule has 3 aromatic heterocycles. The fourth-order valence-corrected chi connectivity index (χ4v) is 4.13. The number of rotatable bonds is 9. The Morgan fingerprint density at radius 1 is 1.10 bits per heavy atom. The summed E-state index contributed by atoms with van der Waals surface area (Å²) in [6.07, 6.45) is -4.82. The van der Waals surface area contributed by atoms with Crippen molar-refractivity contribution in [3.05, 3.63) is 80.6 Å². The molecule has 40 heavy (non-hydrogen) atoms. The first-order valence-corrected chi connectivity index (χ1v) is 11.8. The molecule has 212 valence electrons. The Bertz CT molecular complexity index is 1620. The molecule has 0 amide bonds. The normalized spacial score (nSPS) is 14.2. The van der Waals surface area contributed by atoms with Crippen LogP contribution in [0.1, 0.15) is 30.6 Å². The van der Waals surface area contributed by atoms with Crippen molar-refractivity contribution in [3.63, 3.8) is 0 Å². The quantitative estimate of drug-likeness (QED) is 0.277. The number of alkyl halides is 6. The van der Waals surface area contributed by atoms with Gasteiger partial charge in [0, 0.05) is 36.6 Å². The minimum absolute atomic E-state index is 0.0793. The van der Waals surface area contributed by atoms with E-state index in [0.717, 1.165) is 29.2 Å². The van der Waals surface area contributed by atoms with Crippen LogP contribution in [-0.4, -0.2) is 43.6 Å². The third-order valence-electron chi connectivity index (χ3n) is 6.02. The monoisotopic (exact) mass is 570 g/mol. The number of nitrogens with zero attached hydrogens (tertiary/aromatic N) is 4. The molecule has 2 N–H and O–H groups in total. The molecule has 0 bridgehead atoms. The van der Waals surface area contributed by atoms with E-state index in [4.69, 9.17) is 0 Å². The molecule has 0 radical (unpaired) electrons. The molecule has 3 atom stereocenters. The first-order chi connectivity index (χ1) is 18.9. The average molecular weight is 570 g/mol. The van der Waals surface area contributed by atoms with Crippen molar-refractivity contribution in [2.75, 3.05) is 12.0 Å². The van der Waals surface area contributed by atoms with Crippen LogP contribution in [0, 0.1) is 5.82 Å². The van der Waals surface area contributed by atoms with Crippen molar-refractivity contribution in [3.8, 4) is 11.4 Å². The van der Waals surface area contributed by atoms with Crippen LogP contribution < -0.4 is 16.4 Å². The summed E-state index contributed by atoms with van der Waals surface area (Å²) in [6.45, 7) is -0.347. The van der Waals surface area contributed by atoms with E-state index in [2.05, 4.69) is 20.4 Å². The minimum atomic E-state index is -4.97. The highest BCUT2D eigenvalue weighted by atomic mass is 19.4. The van der Waals surface area contributed by atoms with E-state index < -0.39 is 66.0 Å². The lowest BCUT2D eigenvalue weighted by molar-refractivity contribution is -0.138. The number of H-pyrrole nitrogens is 1. The smallest absolute Gasteiger partial charge is 0.381 e. The first kappa shape index (κ1) is 28.7. The Kier molecular flexibility index (Phi) is 8.21. The molecule has 0 aliphatic rings. The van der Waals surface area contributed by atoms with Gasteiger partial charge in [-0.1, -0.05) is 0 Å². The lowest BCUT2D eigenvalue weighted by atomic mass is 10.1. The Morgan fingerprint density at radius 3 is 2.45 bits per heavy atom. The van der Waals surface area contributed by atoms with Gasteiger partial charge in [-0.2, -0.15) is 18.3 Å². The summed E-state index contributed by atoms with van der Waals surface area (Å²) in [5.74, 6) is -0.994. The van der Waals surface area contributed by atoms with Gasteiger partial charge in [0.2, 0.25) is 0 Å². The maximum absolute atomic E-state index is 14.9. The zero-order valence-electron chi connectivity index (χ0n) is 20.6. The van der Waals surface area contributed by atoms with Gasteiger partial charge in [-0.3, -0.25) is 9.59 Å². The number of hydrogen-bond donors (Lipinski definition) is 2. The number of benzene rings is 1. The third-order valence-corrected chi connectivity index (χ3v) is 6.02. The zero-order chi connectivity index (χ0) is 29.2. The van der Waals surface area contributed by atoms with E-state index in [1.807, 2.05) is 0 Å². The van der Waals surface area contributed by atoms with Gasteiger partial charge in [0.1, 0.15) is 24.2 Å². The summed E-state index contributed by atoms with van der Waals surface area (Å²) in [5, 5.41) is 7.67. The van der Waals surface area contributed by atoms with Gasteiger partial charge < -0.3 is 9.88 Å². The number of anilines is 1. The Labute approximate surface area is 220 Å². The molecule has 0 aliphatic carbocycles. The predicted molar refractivity (Wildman–Crippen MR) is 131 cm³/mol. The van der Waals surface area contributed by atoms with Crippen LogP contribution >= 0.6 is 0 Å². The van der Waals surface area contributed by atoms with Crippen molar-refractivity contribution in [1.82, 2.24) is 24.7 Å². The maximum Gasteiger partial charge on any atom is 0.423 e. The van der Waals surface area contributed by atoms with Crippen LogP contribution in [0.4, 0.5) is 36.4 Å². The molecule has 0 aliphatic heterocycles. The van der Waals surface area contributed by atoms with E-state index in [-0.39, 0.29) is 34.1 Å². The van der Waals surface area contributed by atoms with Crippen molar-refractivity contribution in [1.29, 1.82) is 0 Å². The molecule has 4 aromatic rings. The Balaban J connectivity index is 1.51. The number of aromatic amines is 1. The summed E-state index contributed by atoms with van der Waals surface area (Å²) in [4.78, 5) is 32.2. The highest BCUT2D eigenvalue weighted by molar-refractivity contribution is 5.86. The standard InChI is InChI=1S/C25H21F7N6O2/c1-12(36-20-10-35-37-23(39)21(20)25(30,31)32)4-15(27)11-38-3-2-13-5-17(18(28)6-16(13)24(38)40)22-33-8-14(9-34-22)19(29)7-26/h2-3,5-6,8-10,12,15,19H,4,7,11H2,1H3,(H2,36,37,39)/t12-,15-,19+/m0/s1. The SMILES string of the molecule is C[C@@H](C[C@H](F)Cn1ccc2cc(-c3ncc([C@H](F)CF)cn3)c(F)cc2c1=O)Nc1cn[nH]c(=O)c1C(F)(F)F. The van der Waals surface area contributed by atoms with Gasteiger partial charge in [0.25, 0.3) is 11.1 Å². The van der Waals surface area contributed by atoms with E-state index in [1.165, 1.54) is 25.3 Å². The van der Waals surface area contributed by atoms with Crippen LogP contribution in [-0.2, 0) is 12.7 Å². The summed E-state index contributed by atoms with van der Waals surface area (Å²) < 4.78 is 96.4. The summed E-state index contributed by atoms with van der Waals surface area (Å²) in [5.41, 5.74) is -4.49. The number of nitrogens with one attached hydrogen (secondary N) is 2. The molecule has 0 saturated heterocycles. The Morgan fingerprint density at radius 2 is 1.80 bits per heavy atom. The van der Waals surface area contributed by atoms with Crippen molar-refractivity contribution >= 4 is 16.5 Å². The summed E-state index contributed by atoms with van der Waals surface area (Å²) in [7, 11) is 0. The van der Waals surface area contributed by atoms with Gasteiger partial charge in [-0.25, -0.2) is 32.6 Å². The molecule has 0 saturated carbocycles. The molecule has 8 nitrogen and oxygen atoms in total. The van der Waals surface area contributed by atoms with Gasteiger partial charge in [-0.05, 0) is 30.5 Å². The fourth-order valence-electron chi connectivity index (χ4n) is 4.13. The molecule has 0 spiro atoms. The van der Waals surface area contributed by atoms with Crippen LogP contribution in [0.25, 0.3) is 22.2 Å². The van der Waals surface area contributed by atoms with E-state index >= 15 is 0 Å². The summed E-state index contributed by atoms with van der Waals surface area (Å²) >= 11 is 0. The lowest BCUT2D eigenvalue weighted by Crippen LogP contribution is -2.30. The summed E-state index contributed by atoms with van der Waals surface area (Å²) in [6, 6.07) is 2.76. The number of pyridine rings is 1. The van der Waals surface area contributed by atoms with Crippen LogP contribution in [0.5, 0.6) is 0 Å². The largest absolute Gasteiger partial charge is 0.423 e. The van der Waals surface area contributed by atoms with Crippen molar-refractivity contribution in [2.24, 2.45) is 0 Å². The third kappa shape index (κ3) is 6.13. The highest BCUT2D eigenvalue weighted by Gasteiger charge is 2.37. The average Bonchev–Trinajstić information content (AvgIpc) is 2.89. The number of hydrogen-bond acceptors (Lipinski definition) is 6. The van der Waals surface area contributed by atoms with Gasteiger partial charge >= 0.3 is 6.18 Å². The molecule has 1 aromatic carbocycles. The molecule has 4 rings (SSSR count). The molecule has 0 unspecified atom stereocenters. The minimum Gasteiger partial charge on any atom is -0.381 e.